The smallest absolute Gasteiger partial charge is 0.504 e. The van der Waals surface area contributed by atoms with Gasteiger partial charge in [0, 0.05) is 105 Å². The number of carbonyl (C=O) groups excluding carboxylic acids is 3. The van der Waals surface area contributed by atoms with E-state index in [2.05, 4.69) is 257 Å². The molecule has 0 spiro atoms. The van der Waals surface area contributed by atoms with Gasteiger partial charge in [0.25, 0.3) is 0 Å². The summed E-state index contributed by atoms with van der Waals surface area (Å²) in [5.41, 5.74) is 10.3. The summed E-state index contributed by atoms with van der Waals surface area (Å²) in [6.07, 6.45) is 23.0. The van der Waals surface area contributed by atoms with Crippen LogP contribution in [0.1, 0.15) is 201 Å². The van der Waals surface area contributed by atoms with Crippen molar-refractivity contribution in [2.24, 2.45) is 0 Å². The van der Waals surface area contributed by atoms with Gasteiger partial charge >= 0.3 is 37.7 Å². The second-order valence-corrected chi connectivity index (χ2v) is 52.8. The average molecular weight is 1750 g/mol. The quantitative estimate of drug-likeness (QED) is 0.0159. The SMILES string of the molecule is C.C.C1CCOC1.CC(C)(C)[Si](C)(C)Cl.CN(C)CCO.COC=Cc1ccc(C)nc1.COC[P+](c1ccccc1)(c1ccccc1)c1ccccc1.Cc1ccc(C=O)cn1.Cc1ccc(CC=O)cn1.Cc1ccc(CCO[Si](C)(C)C(C)(C)C)c(C=O)n1.Cc1ccc(CCO[Si](C)(C)C(C)(C)C)cn1.Cl.[CH2-]CCC.[CH2-]CCC.[Li+].[Li+]. The van der Waals surface area contributed by atoms with Crippen LogP contribution in [0.3, 0.4) is 0 Å². The largest absolute Gasteiger partial charge is 1.00 e. The molecule has 23 heteroatoms. The molecule has 1 N–H and O–H groups in total. The van der Waals surface area contributed by atoms with Gasteiger partial charge in [-0.15, -0.1) is 12.4 Å². The molecular formula is C97H158Cl2Li2N6O9PSi3+. The molecule has 8 aromatic rings. The minimum atomic E-state index is -1.78. The van der Waals surface area contributed by atoms with E-state index in [1.807, 2.05) is 115 Å². The molecule has 1 fully saturated rings. The van der Waals surface area contributed by atoms with Gasteiger partial charge in [-0.2, -0.15) is 23.9 Å². The minimum absolute atomic E-state index is 0. The monoisotopic (exact) mass is 1750 g/mol. The predicted octanol–water partition coefficient (Wildman–Crippen LogP) is 18.2. The summed E-state index contributed by atoms with van der Waals surface area (Å²) in [6, 6.07) is 51.7. The number of aryl methyl sites for hydroxylation is 5. The number of methoxy groups -OCH3 is 2. The van der Waals surface area contributed by atoms with Gasteiger partial charge in [-0.3, -0.25) is 34.5 Å². The number of halogens is 2. The molecule has 0 radical (unpaired) electrons. The van der Waals surface area contributed by atoms with E-state index in [4.69, 9.17) is 39.2 Å². The van der Waals surface area contributed by atoms with Crippen molar-refractivity contribution in [1.82, 2.24) is 29.8 Å². The van der Waals surface area contributed by atoms with E-state index < -0.39 is 31.3 Å². The maximum absolute atomic E-state index is 11.0. The summed E-state index contributed by atoms with van der Waals surface area (Å²) < 4.78 is 27.7. The van der Waals surface area contributed by atoms with E-state index in [-0.39, 0.29) is 76.6 Å². The van der Waals surface area contributed by atoms with Crippen LogP contribution in [0.25, 0.3) is 6.08 Å². The molecule has 0 amide bonds. The number of aromatic nitrogens is 5. The minimum Gasteiger partial charge on any atom is -0.504 e. The van der Waals surface area contributed by atoms with Crippen LogP contribution < -0.4 is 53.6 Å². The second-order valence-electron chi connectivity index (χ2n) is 32.5. The summed E-state index contributed by atoms with van der Waals surface area (Å²) in [5.74, 6) is 0. The molecule has 120 heavy (non-hydrogen) atoms. The molecule has 9 rings (SSSR count). The number of carbonyl (C=O) groups is 3. The van der Waals surface area contributed by atoms with Crippen LogP contribution in [0.2, 0.25) is 54.4 Å². The third kappa shape index (κ3) is 57.9. The van der Waals surface area contributed by atoms with Crippen LogP contribution in [0.5, 0.6) is 0 Å². The Morgan fingerprint density at radius 1 is 0.533 bits per heavy atom. The van der Waals surface area contributed by atoms with Crippen LogP contribution >= 0.6 is 30.7 Å². The number of unbranched alkanes of at least 4 members (excludes halogenated alkanes) is 2. The fourth-order valence-corrected chi connectivity index (χ4v) is 14.3. The summed E-state index contributed by atoms with van der Waals surface area (Å²) in [6.45, 7) is 59.1. The second kappa shape index (κ2) is 71.8. The van der Waals surface area contributed by atoms with Crippen LogP contribution in [-0.4, -0.2) is 152 Å². The standard InChI is InChI=1S/C20H20OP.C15H25NO2Si.C14H25NOSi.C9H11NO.C8H9NO.C7H7NO.C6H15ClSi.C4H11NO.C4H8O.2C4H9.2CH4.ClH.2Li/c1-21-17-22(18-11-5-2-6-12-18,19-13-7-3-8-14-19)20-15-9-4-10-16-20;1-12-7-8-13(14(11-17)16-12)9-10-18-19(5,6)15(2,3)4;1-12-7-8-13(11-15-12)9-10-16-17(5,6)14(2,3)4;1-8-3-4-9(7-10-8)5-6-11-2;1-7-2-3-8(4-5-10)6-9-7;1-6-2-3-7(5-9)4-8-6;1-6(2,3)8(4,5)7;1-5(2)3-4-6;1-2-4-5-3-1;2*1-3-4-2;;;;;/h2-16H,17H2,1H3;7-8,11H,9-10H2,1-6H3;7-8,11H,9-10H2,1-6H3;3-7H,1-2H3;2-3,5-6H,4H2,1H3;2-5H,1H3;1-5H3;6H,3-4H2,1-2H3;1-4H2;2*1,3-4H2,2H3;2*1H4;1H;;/q+1;;;;;;;;;2*-1;;;;2*+1. The number of rotatable bonds is 23. The van der Waals surface area contributed by atoms with Crippen molar-refractivity contribution < 1.29 is 80.3 Å². The number of benzene rings is 3. The van der Waals surface area contributed by atoms with Gasteiger partial charge in [0.2, 0.25) is 0 Å². The van der Waals surface area contributed by atoms with Crippen LogP contribution in [0.4, 0.5) is 0 Å². The number of aliphatic hydroxyl groups excluding tert-OH is 1. The van der Waals surface area contributed by atoms with E-state index in [1.165, 1.54) is 47.2 Å². The van der Waals surface area contributed by atoms with Gasteiger partial charge in [-0.1, -0.05) is 196 Å². The van der Waals surface area contributed by atoms with Crippen molar-refractivity contribution in [1.29, 1.82) is 0 Å². The van der Waals surface area contributed by atoms with Crippen molar-refractivity contribution in [2.45, 2.75) is 238 Å². The number of aliphatic hydroxyl groups is 1. The average Bonchev–Trinajstić information content (AvgIpc) is 0.793. The molecule has 0 bridgehead atoms. The first kappa shape index (κ1) is 128. The Morgan fingerprint density at radius 3 is 1.18 bits per heavy atom. The van der Waals surface area contributed by atoms with Crippen molar-refractivity contribution in [3.63, 3.8) is 0 Å². The Labute approximate surface area is 770 Å². The zero-order chi connectivity index (χ0) is 87.6. The maximum Gasteiger partial charge on any atom is 1.00 e. The maximum atomic E-state index is 11.0. The normalized spacial score (nSPS) is 11.2. The number of ether oxygens (including phenoxy) is 3. The van der Waals surface area contributed by atoms with E-state index >= 15 is 0 Å². The van der Waals surface area contributed by atoms with Crippen molar-refractivity contribution in [2.75, 3.05) is 74.2 Å². The van der Waals surface area contributed by atoms with Gasteiger partial charge in [-0.25, -0.2) is 0 Å². The first-order valence-electron chi connectivity index (χ1n) is 40.2. The zero-order valence-corrected chi connectivity index (χ0v) is 83.5. The van der Waals surface area contributed by atoms with Crippen LogP contribution in [0, 0.1) is 48.5 Å². The van der Waals surface area contributed by atoms with Gasteiger partial charge in [0.05, 0.1) is 20.0 Å². The van der Waals surface area contributed by atoms with Crippen molar-refractivity contribution >= 4 is 95.6 Å². The third-order valence-corrected chi connectivity index (χ3v) is 37.5. The first-order valence-corrected chi connectivity index (χ1v) is 52.0. The fraction of sp³-hybridized carbons (Fsp3) is 0.485. The number of likely N-dealkylation sites (N-methyl/N-ethyl adjacent to an activating group) is 1. The van der Waals surface area contributed by atoms with Crippen molar-refractivity contribution in [3.8, 4) is 0 Å². The molecular weight excluding hydrogens is 1590 g/mol. The molecule has 0 unspecified atom stereocenters. The van der Waals surface area contributed by atoms with E-state index in [1.54, 1.807) is 38.9 Å². The Bertz CT molecular complexity index is 3660. The molecule has 662 valence electrons. The van der Waals surface area contributed by atoms with Crippen LogP contribution in [-0.2, 0) is 47.1 Å². The molecule has 5 aromatic heterocycles. The van der Waals surface area contributed by atoms with E-state index in [9.17, 15) is 14.4 Å². The van der Waals surface area contributed by atoms with Gasteiger partial charge < -0.3 is 51.7 Å². The number of pyridine rings is 5. The molecule has 15 nitrogen and oxygen atoms in total. The van der Waals surface area contributed by atoms with Crippen molar-refractivity contribution in [3.05, 3.63) is 259 Å². The number of hydrogen-bond donors (Lipinski definition) is 1. The van der Waals surface area contributed by atoms with Gasteiger partial charge in [0.15, 0.2) is 42.9 Å². The van der Waals surface area contributed by atoms with E-state index in [0.717, 1.165) is 116 Å². The molecule has 0 atom stereocenters. The molecule has 6 heterocycles. The molecule has 3 aromatic carbocycles. The first-order chi connectivity index (χ1) is 54.1. The zero-order valence-electron chi connectivity index (χ0n) is 78.0. The molecule has 1 saturated heterocycles. The third-order valence-electron chi connectivity index (χ3n) is 19.0. The van der Waals surface area contributed by atoms with E-state index in [0.29, 0.717) is 40.7 Å². The number of aldehydes is 3. The Hall–Kier alpha value is -5.42. The number of nitrogens with zero attached hydrogens (tertiary/aromatic N) is 6. The van der Waals surface area contributed by atoms with Gasteiger partial charge in [0.1, 0.15) is 35.2 Å². The molecule has 1 aliphatic heterocycles. The topological polar surface area (TPSA) is 185 Å². The Kier molecular flexibility index (Phi) is 76.4. The Balaban J connectivity index is -0.000000242. The van der Waals surface area contributed by atoms with Crippen LogP contribution in [0.15, 0.2) is 183 Å². The summed E-state index contributed by atoms with van der Waals surface area (Å²) >= 11 is 6.15. The molecule has 0 saturated carbocycles. The fourth-order valence-electron chi connectivity index (χ4n) is 8.45. The summed E-state index contributed by atoms with van der Waals surface area (Å²) in [5, 5.41) is 13.1. The Morgan fingerprint density at radius 2 is 0.900 bits per heavy atom. The number of hydrogen-bond acceptors (Lipinski definition) is 15. The summed E-state index contributed by atoms with van der Waals surface area (Å²) in [7, 11) is 0.814. The molecule has 1 aliphatic rings. The summed E-state index contributed by atoms with van der Waals surface area (Å²) in [4.78, 5) is 53.7. The predicted molar refractivity (Wildman–Crippen MR) is 522 cm³/mol. The molecule has 0 aliphatic carbocycles. The van der Waals surface area contributed by atoms with Gasteiger partial charge in [-0.05, 0) is 217 Å².